The first-order valence-corrected chi connectivity index (χ1v) is 14.9. The molecule has 4 heterocycles. The van der Waals surface area contributed by atoms with Gasteiger partial charge in [-0.2, -0.15) is 26.3 Å². The van der Waals surface area contributed by atoms with Gasteiger partial charge in [0.25, 0.3) is 0 Å². The number of para-hydroxylation sites is 2. The van der Waals surface area contributed by atoms with Crippen LogP contribution in [0.1, 0.15) is 5.56 Å². The van der Waals surface area contributed by atoms with Gasteiger partial charge < -0.3 is 9.13 Å². The first kappa shape index (κ1) is 29.5. The van der Waals surface area contributed by atoms with Crippen molar-refractivity contribution in [3.8, 4) is 5.69 Å². The van der Waals surface area contributed by atoms with E-state index in [9.17, 15) is 0 Å². The van der Waals surface area contributed by atoms with Crippen LogP contribution in [0.15, 0.2) is 145 Å². The number of hydrogen-bond acceptors (Lipinski definition) is 2. The summed E-state index contributed by atoms with van der Waals surface area (Å²) in [6.45, 7) is 0. The molecule has 0 radical (unpaired) electrons. The van der Waals surface area contributed by atoms with E-state index in [0.717, 1.165) is 56.9 Å². The van der Waals surface area contributed by atoms with Gasteiger partial charge in [-0.1, -0.05) is 48.5 Å². The van der Waals surface area contributed by atoms with Crippen molar-refractivity contribution in [2.24, 2.45) is 0 Å². The van der Waals surface area contributed by atoms with Crippen molar-refractivity contribution < 1.29 is 26.3 Å². The molecular formula is C38H22F6N4. The molecular weight excluding hydrogens is 626 g/mol. The van der Waals surface area contributed by atoms with Crippen LogP contribution in [0, 0.1) is 0 Å². The van der Waals surface area contributed by atoms with Gasteiger partial charge in [-0.25, -0.2) is 0 Å². The molecule has 0 atom stereocenters. The average molecular weight is 649 g/mol. The number of pyridine rings is 2. The Morgan fingerprint density at radius 3 is 1.65 bits per heavy atom. The van der Waals surface area contributed by atoms with Gasteiger partial charge >= 0.3 is 12.4 Å². The zero-order valence-corrected chi connectivity index (χ0v) is 24.8. The van der Waals surface area contributed by atoms with Crippen LogP contribution in [0.3, 0.4) is 0 Å². The predicted molar refractivity (Wildman–Crippen MR) is 175 cm³/mol. The molecule has 10 heteroatoms. The second kappa shape index (κ2) is 10.6. The predicted octanol–water partition coefficient (Wildman–Crippen LogP) is 10.2. The maximum Gasteiger partial charge on any atom is 0.411 e. The minimum absolute atomic E-state index is 0.365. The van der Waals surface area contributed by atoms with Crippen LogP contribution in [-0.4, -0.2) is 31.5 Å². The van der Waals surface area contributed by atoms with Gasteiger partial charge in [0.05, 0.1) is 22.1 Å². The molecule has 3 aromatic carbocycles. The highest BCUT2D eigenvalue weighted by atomic mass is 19.4. The lowest BCUT2D eigenvalue weighted by Gasteiger charge is -2.38. The van der Waals surface area contributed by atoms with E-state index in [0.29, 0.717) is 22.4 Å². The van der Waals surface area contributed by atoms with Crippen LogP contribution in [0.5, 0.6) is 0 Å². The van der Waals surface area contributed by atoms with E-state index in [2.05, 4.69) is 15.7 Å². The lowest BCUT2D eigenvalue weighted by molar-refractivity contribution is -0.288. The topological polar surface area (TPSA) is 35.6 Å². The van der Waals surface area contributed by atoms with E-state index in [1.807, 2.05) is 48.5 Å². The van der Waals surface area contributed by atoms with Gasteiger partial charge in [-0.15, -0.1) is 5.73 Å². The molecule has 48 heavy (non-hydrogen) atoms. The molecule has 1 aliphatic rings. The van der Waals surface area contributed by atoms with Crippen molar-refractivity contribution in [2.75, 3.05) is 0 Å². The fraction of sp³-hybridized carbons (Fsp3) is 0.0789. The third kappa shape index (κ3) is 4.19. The van der Waals surface area contributed by atoms with Crippen molar-refractivity contribution in [3.63, 3.8) is 0 Å². The van der Waals surface area contributed by atoms with Gasteiger partial charge in [-0.05, 0) is 66.3 Å². The lowest BCUT2D eigenvalue weighted by Crippen LogP contribution is -2.55. The Hall–Kier alpha value is -5.86. The number of alkyl halides is 6. The minimum Gasteiger partial charge on any atom is -0.309 e. The summed E-state index contributed by atoms with van der Waals surface area (Å²) in [6, 6.07) is 22.6. The number of benzene rings is 3. The van der Waals surface area contributed by atoms with Crippen LogP contribution in [0.25, 0.3) is 55.0 Å². The van der Waals surface area contributed by atoms with E-state index in [1.54, 1.807) is 46.1 Å². The number of allylic oxidation sites excluding steroid dienone is 5. The number of nitrogens with zero attached hydrogens (tertiary/aromatic N) is 4. The zero-order valence-electron chi connectivity index (χ0n) is 24.8. The van der Waals surface area contributed by atoms with Crippen molar-refractivity contribution in [1.82, 2.24) is 19.1 Å². The third-order valence-electron chi connectivity index (χ3n) is 8.93. The number of aromatic nitrogens is 4. The van der Waals surface area contributed by atoms with Crippen LogP contribution < -0.4 is 0 Å². The summed E-state index contributed by atoms with van der Waals surface area (Å²) in [5.74, 6) is 0. The largest absolute Gasteiger partial charge is 0.411 e. The molecule has 236 valence electrons. The quantitative estimate of drug-likeness (QED) is 0.141. The Labute approximate surface area is 268 Å². The Morgan fingerprint density at radius 1 is 0.542 bits per heavy atom. The monoisotopic (exact) mass is 648 g/mol. The highest BCUT2D eigenvalue weighted by Crippen LogP contribution is 2.57. The molecule has 1 aliphatic carbocycles. The molecule has 0 saturated carbocycles. The number of rotatable bonds is 4. The average Bonchev–Trinajstić information content (AvgIpc) is 3.47. The van der Waals surface area contributed by atoms with Crippen molar-refractivity contribution in [2.45, 2.75) is 17.8 Å². The fourth-order valence-electron chi connectivity index (χ4n) is 6.87. The Bertz CT molecular complexity index is 2400. The highest BCUT2D eigenvalue weighted by Gasteiger charge is 2.73. The van der Waals surface area contributed by atoms with E-state index in [-0.39, 0.29) is 0 Å². The molecule has 8 rings (SSSR count). The number of halogens is 6. The van der Waals surface area contributed by atoms with Gasteiger partial charge in [-0.3, -0.25) is 9.97 Å². The minimum atomic E-state index is -5.77. The van der Waals surface area contributed by atoms with Gasteiger partial charge in [0, 0.05) is 63.3 Å². The number of fused-ring (bicyclic) bond motifs is 6. The maximum absolute atomic E-state index is 15.2. The molecule has 4 aromatic heterocycles. The smallest absolute Gasteiger partial charge is 0.309 e. The molecule has 0 aliphatic heterocycles. The molecule has 0 amide bonds. The lowest BCUT2D eigenvalue weighted by atomic mass is 9.72. The molecule has 0 spiro atoms. The van der Waals surface area contributed by atoms with Crippen molar-refractivity contribution in [1.29, 1.82) is 0 Å². The van der Waals surface area contributed by atoms with E-state index in [4.69, 9.17) is 0 Å². The molecule has 0 N–H and O–H groups in total. The summed E-state index contributed by atoms with van der Waals surface area (Å²) in [4.78, 5) is 8.38. The van der Waals surface area contributed by atoms with Crippen LogP contribution in [0.2, 0.25) is 0 Å². The van der Waals surface area contributed by atoms with Crippen LogP contribution >= 0.6 is 0 Å². The van der Waals surface area contributed by atoms with E-state index in [1.165, 1.54) is 24.3 Å². The normalized spacial score (nSPS) is 14.2. The first-order chi connectivity index (χ1) is 23.1. The highest BCUT2D eigenvalue weighted by molar-refractivity contribution is 6.10. The molecule has 0 fully saturated rings. The summed E-state index contributed by atoms with van der Waals surface area (Å²) in [5, 5.41) is 3.30. The summed E-state index contributed by atoms with van der Waals surface area (Å²) in [6.07, 6.45) is -0.326. The van der Waals surface area contributed by atoms with Crippen molar-refractivity contribution in [3.05, 3.63) is 151 Å². The molecule has 0 saturated heterocycles. The van der Waals surface area contributed by atoms with E-state index < -0.39 is 28.9 Å². The summed E-state index contributed by atoms with van der Waals surface area (Å²) < 4.78 is 94.7. The number of hydrogen-bond donors (Lipinski definition) is 0. The maximum atomic E-state index is 15.2. The second-order valence-corrected chi connectivity index (χ2v) is 11.4. The van der Waals surface area contributed by atoms with Gasteiger partial charge in [0.15, 0.2) is 0 Å². The van der Waals surface area contributed by atoms with Gasteiger partial charge in [0.2, 0.25) is 5.41 Å². The second-order valence-electron chi connectivity index (χ2n) is 11.4. The Balaban J connectivity index is 1.27. The zero-order chi connectivity index (χ0) is 33.3. The molecule has 4 nitrogen and oxygen atoms in total. The summed E-state index contributed by atoms with van der Waals surface area (Å²) in [5.41, 5.74) is -0.406. The molecule has 0 bridgehead atoms. The third-order valence-corrected chi connectivity index (χ3v) is 8.93. The summed E-state index contributed by atoms with van der Waals surface area (Å²) in [7, 11) is 0. The first-order valence-electron chi connectivity index (χ1n) is 14.9. The fourth-order valence-corrected chi connectivity index (χ4v) is 6.87. The van der Waals surface area contributed by atoms with E-state index >= 15 is 26.3 Å². The SMILES string of the molecule is FC(F)(F)C(C1=C=CC=C(n2c3ccccc3c3cnccc32)C=C1)(c1ccc(-n2c3ccccc3c3cnccc32)cc1)C(F)(F)F. The standard InChI is InChI=1S/C38H22F6N4/c39-37(40,41)36(38(42,43)44,25-13-16-27(17-14-25)48-33-11-4-2-9-29(33)31-23-46-21-19-35(31)48)24-6-5-7-26(15-12-24)47-32-10-3-1-8-28(32)30-22-45-20-18-34(30)47/h1-5,7-23H. The molecule has 7 aromatic rings. The summed E-state index contributed by atoms with van der Waals surface area (Å²) >= 11 is 0. The van der Waals surface area contributed by atoms with Crippen LogP contribution in [0.4, 0.5) is 26.3 Å². The van der Waals surface area contributed by atoms with Gasteiger partial charge in [0.1, 0.15) is 0 Å². The molecule has 0 unspecified atom stereocenters. The van der Waals surface area contributed by atoms with Crippen molar-refractivity contribution >= 4 is 49.3 Å². The Morgan fingerprint density at radius 2 is 1.06 bits per heavy atom. The Kier molecular flexibility index (Phi) is 6.51. The van der Waals surface area contributed by atoms with Crippen LogP contribution in [-0.2, 0) is 5.41 Å².